The minimum absolute atomic E-state index is 0.104. The van der Waals surface area contributed by atoms with Crippen LogP contribution >= 0.6 is 0 Å². The van der Waals surface area contributed by atoms with E-state index in [-0.39, 0.29) is 19.3 Å². The molecule has 0 bridgehead atoms. The lowest BCUT2D eigenvalue weighted by molar-refractivity contribution is -0.0649. The van der Waals surface area contributed by atoms with Crippen LogP contribution in [0.15, 0.2) is 0 Å². The molecule has 68 valence electrons. The molecule has 0 saturated heterocycles. The molecule has 0 aromatic carbocycles. The zero-order valence-corrected chi connectivity index (χ0v) is 7.29. The normalized spacial score (nSPS) is 11.5. The standard InChI is InChI=1S/C8H18O3/c1-3-7(4-2)11-8(5-9)6-10/h7-10H,3-6H2,1-2H3. The van der Waals surface area contributed by atoms with Crippen molar-refractivity contribution in [3.63, 3.8) is 0 Å². The second kappa shape index (κ2) is 6.58. The summed E-state index contributed by atoms with van der Waals surface area (Å²) < 4.78 is 5.35. The van der Waals surface area contributed by atoms with Crippen LogP contribution < -0.4 is 0 Å². The van der Waals surface area contributed by atoms with E-state index >= 15 is 0 Å². The second-order valence-electron chi connectivity index (χ2n) is 2.56. The van der Waals surface area contributed by atoms with Crippen LogP contribution in [0.1, 0.15) is 26.7 Å². The predicted octanol–water partition coefficient (Wildman–Crippen LogP) is 0.545. The summed E-state index contributed by atoms with van der Waals surface area (Å²) in [6.07, 6.45) is 1.61. The van der Waals surface area contributed by atoms with Crippen molar-refractivity contribution in [1.29, 1.82) is 0 Å². The quantitative estimate of drug-likeness (QED) is 0.599. The van der Waals surface area contributed by atoms with Gasteiger partial charge in [0.05, 0.1) is 19.3 Å². The van der Waals surface area contributed by atoms with E-state index < -0.39 is 6.10 Å². The van der Waals surface area contributed by atoms with Gasteiger partial charge in [0, 0.05) is 0 Å². The fourth-order valence-electron chi connectivity index (χ4n) is 0.897. The van der Waals surface area contributed by atoms with E-state index in [2.05, 4.69) is 0 Å². The Morgan fingerprint density at radius 2 is 1.45 bits per heavy atom. The fourth-order valence-corrected chi connectivity index (χ4v) is 0.897. The van der Waals surface area contributed by atoms with Crippen molar-refractivity contribution in [2.24, 2.45) is 0 Å². The zero-order valence-electron chi connectivity index (χ0n) is 7.29. The summed E-state index contributed by atoms with van der Waals surface area (Å²) in [6.45, 7) is 3.85. The number of ether oxygens (including phenoxy) is 1. The Morgan fingerprint density at radius 3 is 1.73 bits per heavy atom. The second-order valence-corrected chi connectivity index (χ2v) is 2.56. The maximum Gasteiger partial charge on any atom is 0.104 e. The fraction of sp³-hybridized carbons (Fsp3) is 1.00. The lowest BCUT2D eigenvalue weighted by Gasteiger charge is -2.19. The Labute approximate surface area is 68.0 Å². The Hall–Kier alpha value is -0.120. The van der Waals surface area contributed by atoms with Gasteiger partial charge in [-0.1, -0.05) is 13.8 Å². The molecule has 0 aliphatic rings. The topological polar surface area (TPSA) is 49.7 Å². The first kappa shape index (κ1) is 10.9. The van der Waals surface area contributed by atoms with Crippen molar-refractivity contribution in [3.8, 4) is 0 Å². The highest BCUT2D eigenvalue weighted by Gasteiger charge is 2.11. The maximum absolute atomic E-state index is 8.68. The minimum Gasteiger partial charge on any atom is -0.394 e. The zero-order chi connectivity index (χ0) is 8.69. The van der Waals surface area contributed by atoms with Crippen LogP contribution in [-0.4, -0.2) is 35.6 Å². The molecule has 3 nitrogen and oxygen atoms in total. The van der Waals surface area contributed by atoms with Gasteiger partial charge in [0.2, 0.25) is 0 Å². The predicted molar refractivity (Wildman–Crippen MR) is 43.4 cm³/mol. The number of hydrogen-bond donors (Lipinski definition) is 2. The van der Waals surface area contributed by atoms with Crippen LogP contribution in [0.5, 0.6) is 0 Å². The van der Waals surface area contributed by atoms with E-state index in [1.807, 2.05) is 13.8 Å². The van der Waals surface area contributed by atoms with Gasteiger partial charge in [0.15, 0.2) is 0 Å². The molecule has 0 radical (unpaired) electrons. The van der Waals surface area contributed by atoms with Crippen LogP contribution in [-0.2, 0) is 4.74 Å². The Balaban J connectivity index is 3.58. The molecule has 0 aliphatic carbocycles. The monoisotopic (exact) mass is 162 g/mol. The Kier molecular flexibility index (Phi) is 6.51. The largest absolute Gasteiger partial charge is 0.394 e. The number of rotatable bonds is 6. The minimum atomic E-state index is -0.403. The van der Waals surface area contributed by atoms with Crippen molar-refractivity contribution in [3.05, 3.63) is 0 Å². The van der Waals surface area contributed by atoms with E-state index in [0.717, 1.165) is 12.8 Å². The smallest absolute Gasteiger partial charge is 0.104 e. The Morgan fingerprint density at radius 1 is 1.00 bits per heavy atom. The van der Waals surface area contributed by atoms with Gasteiger partial charge >= 0.3 is 0 Å². The number of aliphatic hydroxyl groups excluding tert-OH is 2. The third kappa shape index (κ3) is 4.35. The molecule has 0 amide bonds. The molecule has 0 heterocycles. The van der Waals surface area contributed by atoms with Crippen molar-refractivity contribution in [1.82, 2.24) is 0 Å². The van der Waals surface area contributed by atoms with E-state index in [1.54, 1.807) is 0 Å². The average molecular weight is 162 g/mol. The molecule has 0 unspecified atom stereocenters. The van der Waals surface area contributed by atoms with Gasteiger partial charge in [0.1, 0.15) is 6.10 Å². The molecular formula is C8H18O3. The molecule has 3 heteroatoms. The van der Waals surface area contributed by atoms with Gasteiger partial charge < -0.3 is 14.9 Å². The van der Waals surface area contributed by atoms with Gasteiger partial charge in [-0.15, -0.1) is 0 Å². The van der Waals surface area contributed by atoms with Crippen molar-refractivity contribution >= 4 is 0 Å². The van der Waals surface area contributed by atoms with Crippen molar-refractivity contribution in [2.75, 3.05) is 13.2 Å². The lowest BCUT2D eigenvalue weighted by atomic mass is 10.2. The summed E-state index contributed by atoms with van der Waals surface area (Å²) >= 11 is 0. The highest BCUT2D eigenvalue weighted by atomic mass is 16.5. The summed E-state index contributed by atoms with van der Waals surface area (Å²) in [5, 5.41) is 17.4. The van der Waals surface area contributed by atoms with Gasteiger partial charge in [-0.05, 0) is 12.8 Å². The molecule has 0 aromatic rings. The van der Waals surface area contributed by atoms with Crippen molar-refractivity contribution in [2.45, 2.75) is 38.9 Å². The van der Waals surface area contributed by atoms with Crippen LogP contribution in [0.3, 0.4) is 0 Å². The van der Waals surface area contributed by atoms with Gasteiger partial charge in [0.25, 0.3) is 0 Å². The summed E-state index contributed by atoms with van der Waals surface area (Å²) in [7, 11) is 0. The molecule has 0 aromatic heterocycles. The third-order valence-corrected chi connectivity index (χ3v) is 1.70. The number of hydrogen-bond acceptors (Lipinski definition) is 3. The average Bonchev–Trinajstić information content (AvgIpc) is 2.07. The first-order chi connectivity index (χ1) is 5.28. The molecule has 0 spiro atoms. The van der Waals surface area contributed by atoms with E-state index in [1.165, 1.54) is 0 Å². The van der Waals surface area contributed by atoms with E-state index in [9.17, 15) is 0 Å². The van der Waals surface area contributed by atoms with Crippen LogP contribution in [0, 0.1) is 0 Å². The lowest BCUT2D eigenvalue weighted by Crippen LogP contribution is -2.27. The summed E-state index contributed by atoms with van der Waals surface area (Å²) in [5.41, 5.74) is 0. The maximum atomic E-state index is 8.68. The van der Waals surface area contributed by atoms with Crippen molar-refractivity contribution < 1.29 is 14.9 Å². The summed E-state index contributed by atoms with van der Waals surface area (Å²) in [4.78, 5) is 0. The highest BCUT2D eigenvalue weighted by Crippen LogP contribution is 2.05. The van der Waals surface area contributed by atoms with Crippen LogP contribution in [0.4, 0.5) is 0 Å². The highest BCUT2D eigenvalue weighted by molar-refractivity contribution is 4.58. The molecule has 2 N–H and O–H groups in total. The number of aliphatic hydroxyl groups is 2. The van der Waals surface area contributed by atoms with Gasteiger partial charge in [-0.3, -0.25) is 0 Å². The Bertz CT molecular complexity index is 67.4. The first-order valence-corrected chi connectivity index (χ1v) is 4.15. The first-order valence-electron chi connectivity index (χ1n) is 4.15. The molecule has 0 fully saturated rings. The van der Waals surface area contributed by atoms with Crippen LogP contribution in [0.25, 0.3) is 0 Å². The molecule has 0 rings (SSSR count). The van der Waals surface area contributed by atoms with E-state index in [4.69, 9.17) is 14.9 Å². The molecule has 0 atom stereocenters. The molecule has 11 heavy (non-hydrogen) atoms. The van der Waals surface area contributed by atoms with Gasteiger partial charge in [-0.2, -0.15) is 0 Å². The summed E-state index contributed by atoms with van der Waals surface area (Å²) in [5.74, 6) is 0. The summed E-state index contributed by atoms with van der Waals surface area (Å²) in [6, 6.07) is 0. The van der Waals surface area contributed by atoms with E-state index in [0.29, 0.717) is 0 Å². The SMILES string of the molecule is CCC(CC)OC(CO)CO. The molecule has 0 aliphatic heterocycles. The molecular weight excluding hydrogens is 144 g/mol. The van der Waals surface area contributed by atoms with Crippen LogP contribution in [0.2, 0.25) is 0 Å². The molecule has 0 saturated carbocycles. The van der Waals surface area contributed by atoms with Gasteiger partial charge in [-0.25, -0.2) is 0 Å². The third-order valence-electron chi connectivity index (χ3n) is 1.70.